The van der Waals surface area contributed by atoms with E-state index >= 15 is 0 Å². The highest BCUT2D eigenvalue weighted by Gasteiger charge is 2.30. The van der Waals surface area contributed by atoms with Crippen LogP contribution in [0.25, 0.3) is 0 Å². The van der Waals surface area contributed by atoms with Crippen molar-refractivity contribution < 1.29 is 0 Å². The zero-order valence-electron chi connectivity index (χ0n) is 11.8. The van der Waals surface area contributed by atoms with Crippen LogP contribution in [0.1, 0.15) is 49.7 Å². The zero-order valence-corrected chi connectivity index (χ0v) is 11.8. The van der Waals surface area contributed by atoms with E-state index in [1.807, 2.05) is 0 Å². The molecule has 0 aromatic heterocycles. The van der Waals surface area contributed by atoms with Crippen LogP contribution in [0, 0.1) is 13.8 Å². The SMILES string of the molecule is C=CCC1(Nc2ccc(C)cc2C)CCCCC1. The van der Waals surface area contributed by atoms with Crippen LogP contribution < -0.4 is 5.32 Å². The number of hydrogen-bond donors (Lipinski definition) is 1. The van der Waals surface area contributed by atoms with Gasteiger partial charge in [-0.05, 0) is 44.7 Å². The summed E-state index contributed by atoms with van der Waals surface area (Å²) in [6.07, 6.45) is 9.74. The van der Waals surface area contributed by atoms with Crippen LogP contribution in [0.3, 0.4) is 0 Å². The van der Waals surface area contributed by atoms with E-state index in [1.54, 1.807) is 0 Å². The largest absolute Gasteiger partial charge is 0.379 e. The lowest BCUT2D eigenvalue weighted by molar-refractivity contribution is 0.326. The van der Waals surface area contributed by atoms with Crippen molar-refractivity contribution in [3.05, 3.63) is 42.0 Å². The van der Waals surface area contributed by atoms with Gasteiger partial charge in [0, 0.05) is 11.2 Å². The monoisotopic (exact) mass is 243 g/mol. The van der Waals surface area contributed by atoms with Gasteiger partial charge >= 0.3 is 0 Å². The van der Waals surface area contributed by atoms with Crippen LogP contribution in [-0.2, 0) is 0 Å². The van der Waals surface area contributed by atoms with Gasteiger partial charge in [0.15, 0.2) is 0 Å². The predicted molar refractivity (Wildman–Crippen MR) is 80.2 cm³/mol. The van der Waals surface area contributed by atoms with Crippen LogP contribution in [0.15, 0.2) is 30.9 Å². The molecule has 1 N–H and O–H groups in total. The fourth-order valence-electron chi connectivity index (χ4n) is 3.12. The van der Waals surface area contributed by atoms with Crippen molar-refractivity contribution in [2.45, 2.75) is 57.9 Å². The van der Waals surface area contributed by atoms with Gasteiger partial charge in [-0.3, -0.25) is 0 Å². The van der Waals surface area contributed by atoms with E-state index in [1.165, 1.54) is 48.9 Å². The molecule has 0 aliphatic heterocycles. The van der Waals surface area contributed by atoms with Crippen molar-refractivity contribution in [1.82, 2.24) is 0 Å². The number of hydrogen-bond acceptors (Lipinski definition) is 1. The van der Waals surface area contributed by atoms with Crippen molar-refractivity contribution in [1.29, 1.82) is 0 Å². The van der Waals surface area contributed by atoms with Crippen LogP contribution in [0.5, 0.6) is 0 Å². The fraction of sp³-hybridized carbons (Fsp3) is 0.529. The summed E-state index contributed by atoms with van der Waals surface area (Å²) in [6, 6.07) is 6.68. The molecule has 1 aromatic carbocycles. The molecule has 1 aliphatic rings. The first kappa shape index (κ1) is 13.2. The van der Waals surface area contributed by atoms with E-state index in [-0.39, 0.29) is 5.54 Å². The first-order chi connectivity index (χ1) is 8.65. The normalized spacial score (nSPS) is 18.3. The molecule has 0 saturated heterocycles. The standard InChI is InChI=1S/C17H25N/c1-4-10-17(11-6-5-7-12-17)18-16-9-8-14(2)13-15(16)3/h4,8-9,13,18H,1,5-7,10-12H2,2-3H3. The molecule has 0 heterocycles. The lowest BCUT2D eigenvalue weighted by Gasteiger charge is -2.39. The molecule has 0 radical (unpaired) electrons. The van der Waals surface area contributed by atoms with Gasteiger partial charge in [-0.2, -0.15) is 0 Å². The van der Waals surface area contributed by atoms with Crippen molar-refractivity contribution in [2.24, 2.45) is 0 Å². The molecular weight excluding hydrogens is 218 g/mol. The molecule has 0 spiro atoms. The topological polar surface area (TPSA) is 12.0 Å². The minimum atomic E-state index is 0.250. The lowest BCUT2D eigenvalue weighted by Crippen LogP contribution is -2.40. The average Bonchev–Trinajstić information content (AvgIpc) is 2.34. The summed E-state index contributed by atoms with van der Waals surface area (Å²) >= 11 is 0. The summed E-state index contributed by atoms with van der Waals surface area (Å²) in [4.78, 5) is 0. The second-order valence-corrected chi connectivity index (χ2v) is 5.78. The summed E-state index contributed by atoms with van der Waals surface area (Å²) in [5.41, 5.74) is 4.23. The van der Waals surface area contributed by atoms with Gasteiger partial charge in [-0.25, -0.2) is 0 Å². The average molecular weight is 243 g/mol. The summed E-state index contributed by atoms with van der Waals surface area (Å²) in [7, 11) is 0. The van der Waals surface area contributed by atoms with Crippen molar-refractivity contribution in [2.75, 3.05) is 5.32 Å². The van der Waals surface area contributed by atoms with E-state index in [0.717, 1.165) is 6.42 Å². The second-order valence-electron chi connectivity index (χ2n) is 5.78. The van der Waals surface area contributed by atoms with Gasteiger partial charge in [0.25, 0.3) is 0 Å². The van der Waals surface area contributed by atoms with Crippen LogP contribution >= 0.6 is 0 Å². The second kappa shape index (κ2) is 5.60. The highest BCUT2D eigenvalue weighted by atomic mass is 15.0. The van der Waals surface area contributed by atoms with Gasteiger partial charge < -0.3 is 5.32 Å². The molecule has 0 bridgehead atoms. The maximum Gasteiger partial charge on any atom is 0.0408 e. The van der Waals surface area contributed by atoms with E-state index in [9.17, 15) is 0 Å². The Morgan fingerprint density at radius 2 is 1.94 bits per heavy atom. The molecule has 0 atom stereocenters. The molecular formula is C17H25N. The van der Waals surface area contributed by atoms with Gasteiger partial charge in [-0.1, -0.05) is 43.0 Å². The molecule has 1 nitrogen and oxygen atoms in total. The highest BCUT2D eigenvalue weighted by Crippen LogP contribution is 2.35. The molecule has 0 amide bonds. The van der Waals surface area contributed by atoms with Crippen molar-refractivity contribution in [3.63, 3.8) is 0 Å². The van der Waals surface area contributed by atoms with Crippen molar-refractivity contribution in [3.8, 4) is 0 Å². The Balaban J connectivity index is 2.19. The van der Waals surface area contributed by atoms with Crippen LogP contribution in [-0.4, -0.2) is 5.54 Å². The van der Waals surface area contributed by atoms with E-state index in [0.29, 0.717) is 0 Å². The number of rotatable bonds is 4. The zero-order chi connectivity index (χ0) is 13.0. The summed E-state index contributed by atoms with van der Waals surface area (Å²) < 4.78 is 0. The molecule has 98 valence electrons. The number of nitrogens with one attached hydrogen (secondary N) is 1. The Morgan fingerprint density at radius 3 is 2.56 bits per heavy atom. The van der Waals surface area contributed by atoms with E-state index in [2.05, 4.69) is 50.0 Å². The Labute approximate surface area is 111 Å². The lowest BCUT2D eigenvalue weighted by atomic mass is 9.79. The maximum atomic E-state index is 3.94. The number of benzene rings is 1. The molecule has 1 fully saturated rings. The first-order valence-corrected chi connectivity index (χ1v) is 7.12. The predicted octanol–water partition coefficient (Wildman–Crippen LogP) is 4.99. The summed E-state index contributed by atoms with van der Waals surface area (Å²) in [5, 5.41) is 3.82. The molecule has 0 unspecified atom stereocenters. The van der Waals surface area contributed by atoms with Gasteiger partial charge in [0.2, 0.25) is 0 Å². The summed E-state index contributed by atoms with van der Waals surface area (Å²) in [6.45, 7) is 8.28. The van der Waals surface area contributed by atoms with Crippen molar-refractivity contribution >= 4 is 5.69 Å². The van der Waals surface area contributed by atoms with Crippen LogP contribution in [0.2, 0.25) is 0 Å². The summed E-state index contributed by atoms with van der Waals surface area (Å²) in [5.74, 6) is 0. The third kappa shape index (κ3) is 2.95. The van der Waals surface area contributed by atoms with Gasteiger partial charge in [-0.15, -0.1) is 6.58 Å². The first-order valence-electron chi connectivity index (χ1n) is 7.12. The Kier molecular flexibility index (Phi) is 4.11. The number of anilines is 1. The molecule has 1 saturated carbocycles. The molecule has 1 aliphatic carbocycles. The fourth-order valence-corrected chi connectivity index (χ4v) is 3.12. The minimum Gasteiger partial charge on any atom is -0.379 e. The molecule has 18 heavy (non-hydrogen) atoms. The maximum absolute atomic E-state index is 3.94. The van der Waals surface area contributed by atoms with Gasteiger partial charge in [0.1, 0.15) is 0 Å². The Hall–Kier alpha value is -1.24. The molecule has 2 rings (SSSR count). The molecule has 1 aromatic rings. The number of aryl methyl sites for hydroxylation is 2. The quantitative estimate of drug-likeness (QED) is 0.734. The third-order valence-electron chi connectivity index (χ3n) is 4.13. The Morgan fingerprint density at radius 1 is 1.22 bits per heavy atom. The Bertz CT molecular complexity index is 414. The van der Waals surface area contributed by atoms with Crippen LogP contribution in [0.4, 0.5) is 5.69 Å². The minimum absolute atomic E-state index is 0.250. The van der Waals surface area contributed by atoms with E-state index in [4.69, 9.17) is 0 Å². The third-order valence-corrected chi connectivity index (χ3v) is 4.13. The van der Waals surface area contributed by atoms with Gasteiger partial charge in [0.05, 0.1) is 0 Å². The highest BCUT2D eigenvalue weighted by molar-refractivity contribution is 5.54. The smallest absolute Gasteiger partial charge is 0.0408 e. The molecule has 1 heteroatoms. The van der Waals surface area contributed by atoms with E-state index < -0.39 is 0 Å².